The largest absolute Gasteiger partial charge is 0.488 e. The Morgan fingerprint density at radius 1 is 1.00 bits per heavy atom. The van der Waals surface area contributed by atoms with E-state index in [0.29, 0.717) is 30.1 Å². The Labute approximate surface area is 203 Å². The molecule has 0 unspecified atom stereocenters. The number of carboxylic acid groups (broad SMARTS) is 1. The van der Waals surface area contributed by atoms with E-state index >= 15 is 0 Å². The number of pyridine rings is 1. The Morgan fingerprint density at radius 2 is 1.68 bits per heavy atom. The molecule has 0 fully saturated rings. The van der Waals surface area contributed by atoms with Crippen LogP contribution in [0.25, 0.3) is 22.5 Å². The minimum Gasteiger partial charge on any atom is -0.488 e. The number of nitrogens with one attached hydrogen (secondary N) is 1. The molecule has 2 aromatic heterocycles. The molecular weight excluding hydrogens is 454 g/mol. The van der Waals surface area contributed by atoms with Crippen LogP contribution in [0.5, 0.6) is 5.75 Å². The van der Waals surface area contributed by atoms with E-state index in [9.17, 15) is 9.90 Å². The summed E-state index contributed by atoms with van der Waals surface area (Å²) in [5.74, 6) is -0.0860. The Morgan fingerprint density at radius 3 is 2.26 bits per heavy atom. The van der Waals surface area contributed by atoms with Crippen molar-refractivity contribution in [3.63, 3.8) is 0 Å². The molecule has 176 valence electrons. The van der Waals surface area contributed by atoms with Gasteiger partial charge in [-0.2, -0.15) is 5.21 Å². The number of carboxylic acids is 1. The maximum atomic E-state index is 12.0. The number of hydrogen-bond acceptors (Lipinski definition) is 6. The maximum Gasteiger partial charge on any atom is 0.341 e. The van der Waals surface area contributed by atoms with Gasteiger partial charge in [0.25, 0.3) is 0 Å². The van der Waals surface area contributed by atoms with E-state index < -0.39 is 5.97 Å². The number of nitrogens with zero attached hydrogens (tertiary/aromatic N) is 4. The van der Waals surface area contributed by atoms with Crippen LogP contribution in [-0.4, -0.2) is 36.7 Å². The SMILES string of the molecule is CCc1nc(CC)c(C(=O)O)c(OCc2ccc(-c3ccccc3-c3nn[nH]n3)cc2)c1C.Cl. The van der Waals surface area contributed by atoms with E-state index in [1.807, 2.05) is 69.3 Å². The van der Waals surface area contributed by atoms with Gasteiger partial charge in [-0.25, -0.2) is 4.79 Å². The Balaban J connectivity index is 0.00000324. The Hall–Kier alpha value is -3.78. The number of aromatic amines is 1. The number of rotatable bonds is 8. The van der Waals surface area contributed by atoms with Crippen molar-refractivity contribution in [3.8, 4) is 28.3 Å². The molecule has 0 aliphatic rings. The average molecular weight is 480 g/mol. The number of aromatic nitrogens is 5. The number of H-pyrrole nitrogens is 1. The van der Waals surface area contributed by atoms with Gasteiger partial charge in [0.05, 0.1) is 5.69 Å². The van der Waals surface area contributed by atoms with Gasteiger partial charge in [-0.15, -0.1) is 22.6 Å². The van der Waals surface area contributed by atoms with Crippen molar-refractivity contribution in [2.75, 3.05) is 0 Å². The van der Waals surface area contributed by atoms with Crippen molar-refractivity contribution in [2.24, 2.45) is 0 Å². The lowest BCUT2D eigenvalue weighted by atomic mass is 9.98. The number of carbonyl (C=O) groups is 1. The van der Waals surface area contributed by atoms with Gasteiger partial charge in [0.15, 0.2) is 0 Å². The number of hydrogen-bond donors (Lipinski definition) is 2. The predicted molar refractivity (Wildman–Crippen MR) is 131 cm³/mol. The summed E-state index contributed by atoms with van der Waals surface area (Å²) in [6.45, 7) is 6.03. The van der Waals surface area contributed by atoms with Crippen molar-refractivity contribution in [2.45, 2.75) is 40.2 Å². The van der Waals surface area contributed by atoms with Gasteiger partial charge in [0.2, 0.25) is 5.82 Å². The zero-order chi connectivity index (χ0) is 23.4. The van der Waals surface area contributed by atoms with Crippen molar-refractivity contribution in [1.29, 1.82) is 0 Å². The van der Waals surface area contributed by atoms with Crippen LogP contribution in [0.15, 0.2) is 48.5 Å². The summed E-state index contributed by atoms with van der Waals surface area (Å²) in [5.41, 5.74) is 6.15. The quantitative estimate of drug-likeness (QED) is 0.363. The van der Waals surface area contributed by atoms with Crippen LogP contribution in [0.4, 0.5) is 0 Å². The van der Waals surface area contributed by atoms with Crippen LogP contribution >= 0.6 is 12.4 Å². The molecular formula is C25H26ClN5O3. The summed E-state index contributed by atoms with van der Waals surface area (Å²) in [6, 6.07) is 15.8. The van der Waals surface area contributed by atoms with Crippen LogP contribution < -0.4 is 4.74 Å². The number of benzene rings is 2. The molecule has 0 saturated heterocycles. The molecule has 0 saturated carbocycles. The molecule has 0 amide bonds. The highest BCUT2D eigenvalue weighted by molar-refractivity contribution is 5.93. The van der Waals surface area contributed by atoms with E-state index in [0.717, 1.165) is 33.5 Å². The van der Waals surface area contributed by atoms with Gasteiger partial charge in [-0.3, -0.25) is 4.98 Å². The fraction of sp³-hybridized carbons (Fsp3) is 0.240. The summed E-state index contributed by atoms with van der Waals surface area (Å²) < 4.78 is 6.08. The van der Waals surface area contributed by atoms with Crippen molar-refractivity contribution in [1.82, 2.24) is 25.6 Å². The van der Waals surface area contributed by atoms with Crippen LogP contribution in [0.2, 0.25) is 0 Å². The second-order valence-corrected chi connectivity index (χ2v) is 7.61. The summed E-state index contributed by atoms with van der Waals surface area (Å²) in [6.07, 6.45) is 1.24. The number of aromatic carboxylic acids is 1. The fourth-order valence-corrected chi connectivity index (χ4v) is 3.90. The molecule has 0 atom stereocenters. The molecule has 0 radical (unpaired) electrons. The van der Waals surface area contributed by atoms with Crippen LogP contribution in [0.3, 0.4) is 0 Å². The molecule has 0 aliphatic heterocycles. The predicted octanol–water partition coefficient (Wildman–Crippen LogP) is 5.06. The first-order chi connectivity index (χ1) is 16.0. The molecule has 2 heterocycles. The minimum atomic E-state index is -1.02. The molecule has 4 rings (SSSR count). The van der Waals surface area contributed by atoms with Gasteiger partial charge < -0.3 is 9.84 Å². The third-order valence-electron chi connectivity index (χ3n) is 5.60. The summed E-state index contributed by atoms with van der Waals surface area (Å²) in [7, 11) is 0. The summed E-state index contributed by atoms with van der Waals surface area (Å²) in [4.78, 5) is 16.5. The van der Waals surface area contributed by atoms with E-state index in [4.69, 9.17) is 4.74 Å². The molecule has 9 heteroatoms. The smallest absolute Gasteiger partial charge is 0.341 e. The third kappa shape index (κ3) is 4.92. The van der Waals surface area contributed by atoms with Crippen molar-refractivity contribution in [3.05, 3.63) is 76.6 Å². The monoisotopic (exact) mass is 479 g/mol. The van der Waals surface area contributed by atoms with Crippen molar-refractivity contribution < 1.29 is 14.6 Å². The second kappa shape index (κ2) is 10.9. The standard InChI is InChI=1S/C25H25N5O3.ClH/c1-4-20-15(3)23(22(25(31)32)21(5-2)26-20)33-14-16-10-12-17(13-11-16)18-8-6-7-9-19(18)24-27-29-30-28-24;/h6-13H,4-5,14H2,1-3H3,(H,31,32)(H,27,28,29,30);1H. The zero-order valence-electron chi connectivity index (χ0n) is 19.2. The number of halogens is 1. The molecule has 0 aliphatic carbocycles. The average Bonchev–Trinajstić information content (AvgIpc) is 3.38. The lowest BCUT2D eigenvalue weighted by Gasteiger charge is -2.17. The van der Waals surface area contributed by atoms with E-state index in [2.05, 4.69) is 25.6 Å². The highest BCUT2D eigenvalue weighted by atomic mass is 35.5. The summed E-state index contributed by atoms with van der Waals surface area (Å²) in [5, 5.41) is 24.1. The van der Waals surface area contributed by atoms with E-state index in [1.54, 1.807) is 0 Å². The lowest BCUT2D eigenvalue weighted by Crippen LogP contribution is -2.13. The van der Waals surface area contributed by atoms with Gasteiger partial charge in [0, 0.05) is 16.8 Å². The molecule has 8 nitrogen and oxygen atoms in total. The first-order valence-electron chi connectivity index (χ1n) is 10.8. The zero-order valence-corrected chi connectivity index (χ0v) is 20.0. The van der Waals surface area contributed by atoms with Crippen LogP contribution in [0.1, 0.15) is 46.7 Å². The molecule has 2 aromatic carbocycles. The second-order valence-electron chi connectivity index (χ2n) is 7.61. The van der Waals surface area contributed by atoms with Gasteiger partial charge in [0.1, 0.15) is 17.9 Å². The topological polar surface area (TPSA) is 114 Å². The number of ether oxygens (including phenoxy) is 1. The van der Waals surface area contributed by atoms with Gasteiger partial charge in [-0.1, -0.05) is 62.4 Å². The molecule has 4 aromatic rings. The lowest BCUT2D eigenvalue weighted by molar-refractivity contribution is 0.0689. The third-order valence-corrected chi connectivity index (χ3v) is 5.60. The molecule has 0 bridgehead atoms. The molecule has 2 N–H and O–H groups in total. The first kappa shape index (κ1) is 24.9. The Kier molecular flexibility index (Phi) is 7.96. The molecule has 0 spiro atoms. The summed E-state index contributed by atoms with van der Waals surface area (Å²) >= 11 is 0. The van der Waals surface area contributed by atoms with E-state index in [-0.39, 0.29) is 24.6 Å². The maximum absolute atomic E-state index is 12.0. The molecule has 34 heavy (non-hydrogen) atoms. The number of tetrazole rings is 1. The van der Waals surface area contributed by atoms with Gasteiger partial charge >= 0.3 is 5.97 Å². The van der Waals surface area contributed by atoms with Crippen LogP contribution in [-0.2, 0) is 19.4 Å². The normalized spacial score (nSPS) is 10.6. The number of aryl methyl sites for hydroxylation is 2. The Bertz CT molecular complexity index is 1270. The fourth-order valence-electron chi connectivity index (χ4n) is 3.90. The van der Waals surface area contributed by atoms with E-state index in [1.165, 1.54) is 0 Å². The highest BCUT2D eigenvalue weighted by Gasteiger charge is 2.22. The first-order valence-corrected chi connectivity index (χ1v) is 10.8. The van der Waals surface area contributed by atoms with Crippen LogP contribution in [0, 0.1) is 6.92 Å². The van der Waals surface area contributed by atoms with Crippen molar-refractivity contribution >= 4 is 18.4 Å². The van der Waals surface area contributed by atoms with Gasteiger partial charge in [-0.05, 0) is 41.7 Å². The highest BCUT2D eigenvalue weighted by Crippen LogP contribution is 2.32. The minimum absolute atomic E-state index is 0.